The fraction of sp³-hybridized carbons (Fsp3) is 0.222. The Balaban J connectivity index is 1.54. The van der Waals surface area contributed by atoms with Crippen LogP contribution in [0.1, 0.15) is 21.5 Å². The molecule has 1 saturated heterocycles. The van der Waals surface area contributed by atoms with Gasteiger partial charge in [-0.2, -0.15) is 21.5 Å². The van der Waals surface area contributed by atoms with E-state index in [1.54, 1.807) is 12.1 Å². The second-order valence-electron chi connectivity index (χ2n) is 6.09. The number of hydrogen-bond donors (Lipinski definition) is 1. The number of esters is 1. The average Bonchev–Trinajstić information content (AvgIpc) is 2.92. The molecule has 0 bridgehead atoms. The second kappa shape index (κ2) is 8.53. The van der Waals surface area contributed by atoms with Gasteiger partial charge in [0.25, 0.3) is 0 Å². The monoisotopic (exact) mass is 426 g/mol. The van der Waals surface area contributed by atoms with E-state index in [9.17, 15) is 26.8 Å². The molecule has 11 heteroatoms. The van der Waals surface area contributed by atoms with Crippen molar-refractivity contribution in [3.8, 4) is 5.75 Å². The average molecular weight is 426 g/mol. The van der Waals surface area contributed by atoms with E-state index in [1.807, 2.05) is 4.72 Å². The molecule has 2 aromatic carbocycles. The molecule has 8 nitrogen and oxygen atoms in total. The predicted octanol–water partition coefficient (Wildman–Crippen LogP) is 1.82. The summed E-state index contributed by atoms with van der Waals surface area (Å²) in [6.45, 7) is -3.24. The summed E-state index contributed by atoms with van der Waals surface area (Å²) in [7, 11) is -3.82. The Labute approximate surface area is 165 Å². The van der Waals surface area contributed by atoms with Gasteiger partial charge in [-0.15, -0.1) is 0 Å². The summed E-state index contributed by atoms with van der Waals surface area (Å²) in [5.74, 6) is -1.20. The van der Waals surface area contributed by atoms with E-state index >= 15 is 0 Å². The highest BCUT2D eigenvalue weighted by Crippen LogP contribution is 2.17. The summed E-state index contributed by atoms with van der Waals surface area (Å²) in [6, 6.07) is 11.8. The van der Waals surface area contributed by atoms with Gasteiger partial charge in [0, 0.05) is 6.54 Å². The molecule has 0 saturated carbocycles. The van der Waals surface area contributed by atoms with Crippen LogP contribution in [0.4, 0.5) is 8.78 Å². The van der Waals surface area contributed by atoms with E-state index < -0.39 is 28.7 Å². The largest absolute Gasteiger partial charge is 0.457 e. The summed E-state index contributed by atoms with van der Waals surface area (Å²) in [5, 5.41) is 0. The van der Waals surface area contributed by atoms with Gasteiger partial charge in [-0.25, -0.2) is 9.52 Å². The number of rotatable bonds is 7. The first-order valence-corrected chi connectivity index (χ1v) is 9.77. The highest BCUT2D eigenvalue weighted by molar-refractivity contribution is 7.88. The fourth-order valence-electron chi connectivity index (χ4n) is 2.58. The molecule has 154 valence electrons. The minimum atomic E-state index is -3.82. The van der Waals surface area contributed by atoms with Crippen molar-refractivity contribution in [1.29, 1.82) is 0 Å². The minimum Gasteiger partial charge on any atom is -0.457 e. The quantitative estimate of drug-likeness (QED) is 0.678. The topological polar surface area (TPSA) is 102 Å². The van der Waals surface area contributed by atoms with Crippen LogP contribution in [0.3, 0.4) is 0 Å². The SMILES string of the molecule is O=C1CN(Cc2ccc(C(=O)OCc3ccc(OC(F)F)cc3)cc2)S(=O)(=O)N1. The summed E-state index contributed by atoms with van der Waals surface area (Å²) < 4.78 is 59.9. The molecule has 0 aromatic heterocycles. The van der Waals surface area contributed by atoms with Gasteiger partial charge in [0.1, 0.15) is 12.4 Å². The van der Waals surface area contributed by atoms with Crippen LogP contribution in [0, 0.1) is 0 Å². The molecular formula is C18H16F2N2O6S. The first-order chi connectivity index (χ1) is 13.7. The Bertz CT molecular complexity index is 994. The first kappa shape index (κ1) is 20.7. The fourth-order valence-corrected chi connectivity index (χ4v) is 3.66. The Morgan fingerprint density at radius 1 is 1.07 bits per heavy atom. The highest BCUT2D eigenvalue weighted by atomic mass is 32.2. The van der Waals surface area contributed by atoms with Crippen molar-refractivity contribution in [1.82, 2.24) is 9.03 Å². The predicted molar refractivity (Wildman–Crippen MR) is 96.1 cm³/mol. The van der Waals surface area contributed by atoms with Gasteiger partial charge < -0.3 is 9.47 Å². The number of halogens is 2. The normalized spacial score (nSPS) is 15.9. The van der Waals surface area contributed by atoms with E-state index in [0.29, 0.717) is 11.1 Å². The Kier molecular flexibility index (Phi) is 6.09. The van der Waals surface area contributed by atoms with E-state index in [1.165, 1.54) is 36.4 Å². The lowest BCUT2D eigenvalue weighted by molar-refractivity contribution is -0.118. The van der Waals surface area contributed by atoms with E-state index in [0.717, 1.165) is 4.31 Å². The number of alkyl halides is 2. The highest BCUT2D eigenvalue weighted by Gasteiger charge is 2.33. The number of carbonyl (C=O) groups excluding carboxylic acids is 2. The lowest BCUT2D eigenvalue weighted by atomic mass is 10.1. The summed E-state index contributed by atoms with van der Waals surface area (Å²) in [6.07, 6.45) is 0. The molecule has 1 aliphatic heterocycles. The molecule has 1 amide bonds. The van der Waals surface area contributed by atoms with Gasteiger partial charge in [-0.3, -0.25) is 4.79 Å². The van der Waals surface area contributed by atoms with Crippen LogP contribution in [0.15, 0.2) is 48.5 Å². The van der Waals surface area contributed by atoms with Gasteiger partial charge in [-0.05, 0) is 35.4 Å². The third-order valence-corrected chi connectivity index (χ3v) is 5.39. The number of benzene rings is 2. The maximum atomic E-state index is 12.1. The molecule has 0 aliphatic carbocycles. The molecule has 0 radical (unpaired) electrons. The minimum absolute atomic E-state index is 0.00239. The van der Waals surface area contributed by atoms with Crippen molar-refractivity contribution >= 4 is 22.1 Å². The van der Waals surface area contributed by atoms with E-state index in [2.05, 4.69) is 4.74 Å². The number of nitrogens with one attached hydrogen (secondary N) is 1. The van der Waals surface area contributed by atoms with Gasteiger partial charge in [0.15, 0.2) is 0 Å². The molecule has 1 heterocycles. The van der Waals surface area contributed by atoms with Crippen molar-refractivity contribution in [2.75, 3.05) is 6.54 Å². The first-order valence-electron chi connectivity index (χ1n) is 8.33. The van der Waals surface area contributed by atoms with Crippen LogP contribution >= 0.6 is 0 Å². The molecule has 29 heavy (non-hydrogen) atoms. The van der Waals surface area contributed by atoms with Crippen molar-refractivity contribution in [2.24, 2.45) is 0 Å². The Hall–Kier alpha value is -3.05. The number of amides is 1. The van der Waals surface area contributed by atoms with Crippen LogP contribution in [-0.2, 0) is 32.9 Å². The molecule has 1 aliphatic rings. The summed E-state index contributed by atoms with van der Waals surface area (Å²) >= 11 is 0. The number of carbonyl (C=O) groups is 2. The lowest BCUT2D eigenvalue weighted by Crippen LogP contribution is -2.29. The standard InChI is InChI=1S/C18H16F2N2O6S/c19-18(20)28-15-7-3-13(4-8-15)11-27-17(24)14-5-1-12(2-6-14)9-22-10-16(23)21-29(22,25)26/h1-8,18H,9-11H2,(H,21,23). The summed E-state index contributed by atoms with van der Waals surface area (Å²) in [5.41, 5.74) is 1.44. The van der Waals surface area contributed by atoms with Crippen LogP contribution in [0.25, 0.3) is 0 Å². The molecule has 0 atom stereocenters. The van der Waals surface area contributed by atoms with E-state index in [-0.39, 0.29) is 31.0 Å². The maximum absolute atomic E-state index is 12.1. The van der Waals surface area contributed by atoms with Crippen LogP contribution in [-0.4, -0.2) is 37.8 Å². The molecule has 1 N–H and O–H groups in total. The lowest BCUT2D eigenvalue weighted by Gasteiger charge is -2.12. The third-order valence-electron chi connectivity index (χ3n) is 3.97. The zero-order valence-electron chi connectivity index (χ0n) is 14.9. The number of ether oxygens (including phenoxy) is 2. The van der Waals surface area contributed by atoms with Crippen molar-refractivity contribution in [3.63, 3.8) is 0 Å². The zero-order chi connectivity index (χ0) is 21.0. The van der Waals surface area contributed by atoms with E-state index in [4.69, 9.17) is 4.74 Å². The maximum Gasteiger partial charge on any atom is 0.387 e. The van der Waals surface area contributed by atoms with Crippen LogP contribution < -0.4 is 9.46 Å². The Morgan fingerprint density at radius 2 is 1.69 bits per heavy atom. The van der Waals surface area contributed by atoms with Crippen molar-refractivity contribution in [2.45, 2.75) is 19.8 Å². The molecule has 0 spiro atoms. The van der Waals surface area contributed by atoms with Crippen LogP contribution in [0.2, 0.25) is 0 Å². The second-order valence-corrected chi connectivity index (χ2v) is 7.76. The number of nitrogens with zero attached hydrogens (tertiary/aromatic N) is 1. The zero-order valence-corrected chi connectivity index (χ0v) is 15.7. The Morgan fingerprint density at radius 3 is 2.24 bits per heavy atom. The van der Waals surface area contributed by atoms with Gasteiger partial charge >= 0.3 is 22.8 Å². The van der Waals surface area contributed by atoms with Crippen molar-refractivity contribution in [3.05, 3.63) is 65.2 Å². The molecule has 0 unspecified atom stereocenters. The third kappa shape index (κ3) is 5.48. The molecule has 2 aromatic rings. The molecule has 3 rings (SSSR count). The molecule has 1 fully saturated rings. The smallest absolute Gasteiger partial charge is 0.387 e. The van der Waals surface area contributed by atoms with Gasteiger partial charge in [0.05, 0.1) is 12.1 Å². The van der Waals surface area contributed by atoms with Gasteiger partial charge in [0.2, 0.25) is 5.91 Å². The van der Waals surface area contributed by atoms with Crippen LogP contribution in [0.5, 0.6) is 5.75 Å². The summed E-state index contributed by atoms with van der Waals surface area (Å²) in [4.78, 5) is 23.3. The molecular weight excluding hydrogens is 410 g/mol. The van der Waals surface area contributed by atoms with Gasteiger partial charge in [-0.1, -0.05) is 24.3 Å². The van der Waals surface area contributed by atoms with Crippen molar-refractivity contribution < 1.29 is 36.3 Å². The number of hydrogen-bond acceptors (Lipinski definition) is 6.